The number of nitrogens with zero attached hydrogens (tertiary/aromatic N) is 3. The maximum absolute atomic E-state index is 13.4. The van der Waals surface area contributed by atoms with Crippen LogP contribution in [0.3, 0.4) is 0 Å². The highest BCUT2D eigenvalue weighted by atomic mass is 19.1. The van der Waals surface area contributed by atoms with Gasteiger partial charge in [-0.25, -0.2) is 24.3 Å². The lowest BCUT2D eigenvalue weighted by Crippen LogP contribution is -2.19. The molecule has 0 amide bonds. The van der Waals surface area contributed by atoms with Crippen molar-refractivity contribution in [3.05, 3.63) is 63.8 Å². The molecular formula is C22H26FN5O4. The summed E-state index contributed by atoms with van der Waals surface area (Å²) >= 11 is 0. The van der Waals surface area contributed by atoms with Gasteiger partial charge in [-0.15, -0.1) is 0 Å². The Bertz CT molecular complexity index is 1120. The first-order valence-electron chi connectivity index (χ1n) is 10.2. The van der Waals surface area contributed by atoms with Crippen molar-refractivity contribution in [2.45, 2.75) is 44.8 Å². The molecule has 0 radical (unpaired) electrons. The van der Waals surface area contributed by atoms with Crippen molar-refractivity contribution in [3.8, 4) is 11.3 Å². The van der Waals surface area contributed by atoms with Gasteiger partial charge in [0.1, 0.15) is 11.6 Å². The van der Waals surface area contributed by atoms with Crippen LogP contribution in [0.2, 0.25) is 0 Å². The Balaban J connectivity index is 1.88. The van der Waals surface area contributed by atoms with Crippen LogP contribution in [0.25, 0.3) is 17.3 Å². The molecular weight excluding hydrogens is 417 g/mol. The molecule has 3 aromatic rings. The molecule has 0 aliphatic heterocycles. The Morgan fingerprint density at radius 3 is 2.50 bits per heavy atom. The van der Waals surface area contributed by atoms with E-state index >= 15 is 0 Å². The number of aliphatic hydroxyl groups is 2. The van der Waals surface area contributed by atoms with Gasteiger partial charge in [-0.05, 0) is 30.2 Å². The molecule has 10 heteroatoms. The fraction of sp³-hybridized carbons (Fsp3) is 0.364. The predicted molar refractivity (Wildman–Crippen MR) is 118 cm³/mol. The summed E-state index contributed by atoms with van der Waals surface area (Å²) in [6, 6.07) is 5.99. The van der Waals surface area contributed by atoms with Crippen LogP contribution >= 0.6 is 0 Å². The van der Waals surface area contributed by atoms with Crippen molar-refractivity contribution >= 4 is 12.0 Å². The van der Waals surface area contributed by atoms with Crippen LogP contribution in [0.4, 0.5) is 10.3 Å². The number of aromatic amines is 1. The standard InChI is InChI=1S/C22H26FN5O4/c1-12(2)19-17(9-8-15(29)10-16(30)11-18-25-22(31)32-28-18)20(27-21(24-3)26-19)13-4-6-14(23)7-5-13/h4-9,12,15-16,29-30H,10-11H2,1-3H3,(H,24,26,27)(H,25,28,31)/b9-8+/t15-,16-/m1/s1. The average Bonchev–Trinajstić information content (AvgIpc) is 3.16. The lowest BCUT2D eigenvalue weighted by molar-refractivity contribution is 0.103. The molecule has 2 heterocycles. The van der Waals surface area contributed by atoms with Gasteiger partial charge in [-0.2, -0.15) is 4.98 Å². The SMILES string of the molecule is CNc1nc(-c2ccc(F)cc2)c(/C=C/[C@@H](O)C[C@@H](O)Cc2nc(=O)o[nH]2)c(C(C)C)n1. The minimum Gasteiger partial charge on any atom is -0.393 e. The van der Waals surface area contributed by atoms with E-state index in [0.29, 0.717) is 22.8 Å². The summed E-state index contributed by atoms with van der Waals surface area (Å²) in [4.78, 5) is 23.6. The van der Waals surface area contributed by atoms with E-state index < -0.39 is 18.0 Å². The normalized spacial score (nSPS) is 13.6. The third-order valence-corrected chi connectivity index (χ3v) is 4.77. The van der Waals surface area contributed by atoms with Crippen LogP contribution < -0.4 is 11.1 Å². The Morgan fingerprint density at radius 2 is 1.91 bits per heavy atom. The second kappa shape index (κ2) is 10.3. The van der Waals surface area contributed by atoms with E-state index in [1.165, 1.54) is 12.1 Å². The molecule has 0 spiro atoms. The maximum atomic E-state index is 13.4. The Labute approximate surface area is 184 Å². The fourth-order valence-electron chi connectivity index (χ4n) is 3.25. The van der Waals surface area contributed by atoms with Crippen molar-refractivity contribution in [2.24, 2.45) is 0 Å². The third kappa shape index (κ3) is 5.86. The van der Waals surface area contributed by atoms with Gasteiger partial charge in [0.2, 0.25) is 5.95 Å². The van der Waals surface area contributed by atoms with Gasteiger partial charge in [-0.1, -0.05) is 26.0 Å². The molecule has 0 aliphatic rings. The molecule has 170 valence electrons. The number of halogens is 1. The van der Waals surface area contributed by atoms with E-state index in [1.807, 2.05) is 13.8 Å². The van der Waals surface area contributed by atoms with Crippen molar-refractivity contribution in [1.82, 2.24) is 20.1 Å². The van der Waals surface area contributed by atoms with E-state index in [4.69, 9.17) is 0 Å². The number of benzene rings is 1. The van der Waals surface area contributed by atoms with Gasteiger partial charge in [0, 0.05) is 31.0 Å². The molecule has 0 bridgehead atoms. The van der Waals surface area contributed by atoms with E-state index in [0.717, 1.165) is 5.69 Å². The minimum atomic E-state index is -0.978. The van der Waals surface area contributed by atoms with Gasteiger partial charge in [0.05, 0.1) is 23.6 Å². The van der Waals surface area contributed by atoms with Crippen molar-refractivity contribution in [3.63, 3.8) is 0 Å². The van der Waals surface area contributed by atoms with Crippen molar-refractivity contribution in [2.75, 3.05) is 12.4 Å². The molecule has 0 saturated carbocycles. The van der Waals surface area contributed by atoms with Crippen LogP contribution in [-0.4, -0.2) is 49.6 Å². The highest BCUT2D eigenvalue weighted by Crippen LogP contribution is 2.30. The van der Waals surface area contributed by atoms with E-state index in [-0.39, 0.29) is 30.4 Å². The maximum Gasteiger partial charge on any atom is 0.459 e. The predicted octanol–water partition coefficient (Wildman–Crippen LogP) is 2.49. The van der Waals surface area contributed by atoms with E-state index in [2.05, 4.69) is 29.9 Å². The summed E-state index contributed by atoms with van der Waals surface area (Å²) < 4.78 is 17.9. The number of aromatic nitrogens is 4. The number of rotatable bonds is 9. The monoisotopic (exact) mass is 443 g/mol. The highest BCUT2D eigenvalue weighted by molar-refractivity contribution is 5.74. The van der Waals surface area contributed by atoms with Gasteiger partial charge in [-0.3, -0.25) is 0 Å². The largest absolute Gasteiger partial charge is 0.459 e. The van der Waals surface area contributed by atoms with Gasteiger partial charge in [0.15, 0.2) is 0 Å². The number of aliphatic hydroxyl groups excluding tert-OH is 2. The molecule has 3 rings (SSSR count). The summed E-state index contributed by atoms with van der Waals surface area (Å²) in [6.45, 7) is 3.98. The zero-order chi connectivity index (χ0) is 23.3. The first-order chi connectivity index (χ1) is 15.3. The Morgan fingerprint density at radius 1 is 1.19 bits per heavy atom. The number of H-pyrrole nitrogens is 1. The zero-order valence-corrected chi connectivity index (χ0v) is 18.0. The summed E-state index contributed by atoms with van der Waals surface area (Å²) in [6.07, 6.45) is 1.39. The quantitative estimate of drug-likeness (QED) is 0.396. The summed E-state index contributed by atoms with van der Waals surface area (Å²) in [5.74, 6) is -0.434. The topological polar surface area (TPSA) is 137 Å². The summed E-state index contributed by atoms with van der Waals surface area (Å²) in [5, 5.41) is 25.9. The number of hydrogen-bond donors (Lipinski definition) is 4. The smallest absolute Gasteiger partial charge is 0.393 e. The summed E-state index contributed by atoms with van der Waals surface area (Å²) in [5.41, 5.74) is 2.75. The molecule has 1 aromatic carbocycles. The number of nitrogens with one attached hydrogen (secondary N) is 2. The summed E-state index contributed by atoms with van der Waals surface area (Å²) in [7, 11) is 1.72. The second-order valence-electron chi connectivity index (χ2n) is 7.65. The first-order valence-corrected chi connectivity index (χ1v) is 10.2. The molecule has 4 N–H and O–H groups in total. The van der Waals surface area contributed by atoms with Crippen molar-refractivity contribution in [1.29, 1.82) is 0 Å². The molecule has 2 aromatic heterocycles. The average molecular weight is 443 g/mol. The van der Waals surface area contributed by atoms with Gasteiger partial charge >= 0.3 is 5.76 Å². The van der Waals surface area contributed by atoms with Crippen LogP contribution in [-0.2, 0) is 6.42 Å². The zero-order valence-electron chi connectivity index (χ0n) is 18.0. The van der Waals surface area contributed by atoms with Gasteiger partial charge in [0.25, 0.3) is 0 Å². The highest BCUT2D eigenvalue weighted by Gasteiger charge is 2.18. The molecule has 0 saturated heterocycles. The van der Waals surface area contributed by atoms with E-state index in [9.17, 15) is 19.4 Å². The van der Waals surface area contributed by atoms with Crippen LogP contribution in [0.5, 0.6) is 0 Å². The number of anilines is 1. The molecule has 9 nitrogen and oxygen atoms in total. The molecule has 0 fully saturated rings. The van der Waals surface area contributed by atoms with Crippen LogP contribution in [0.1, 0.15) is 43.3 Å². The Hall–Kier alpha value is -3.37. The molecule has 32 heavy (non-hydrogen) atoms. The van der Waals surface area contributed by atoms with Crippen LogP contribution in [0, 0.1) is 5.82 Å². The van der Waals surface area contributed by atoms with E-state index in [1.54, 1.807) is 31.3 Å². The van der Waals surface area contributed by atoms with Gasteiger partial charge < -0.3 is 20.1 Å². The molecule has 0 aliphatic carbocycles. The van der Waals surface area contributed by atoms with Crippen LogP contribution in [0.15, 0.2) is 39.7 Å². The first kappa shape index (κ1) is 23.3. The van der Waals surface area contributed by atoms with Crippen molar-refractivity contribution < 1.29 is 19.1 Å². The third-order valence-electron chi connectivity index (χ3n) is 4.77. The molecule has 0 unspecified atom stereocenters. The lowest BCUT2D eigenvalue weighted by Gasteiger charge is -2.16. The Kier molecular flexibility index (Phi) is 7.49. The molecule has 2 atom stereocenters. The minimum absolute atomic E-state index is 0.0176. The fourth-order valence-corrected chi connectivity index (χ4v) is 3.25. The number of hydrogen-bond acceptors (Lipinski definition) is 8. The second-order valence-corrected chi connectivity index (χ2v) is 7.65. The lowest BCUT2D eigenvalue weighted by atomic mass is 9.97.